The molecule has 0 aliphatic carbocycles. The fraction of sp³-hybridized carbons (Fsp3) is 0.300. The SMILES string of the molecule is [CH2-]c1c(C)cc(C)cc1C.[Li+]. The van der Waals surface area contributed by atoms with Crippen LogP contribution in [0.3, 0.4) is 0 Å². The Morgan fingerprint density at radius 3 is 1.73 bits per heavy atom. The van der Waals surface area contributed by atoms with Crippen LogP contribution in [0.2, 0.25) is 0 Å². The molecule has 0 saturated carbocycles. The molecule has 0 aliphatic rings. The maximum absolute atomic E-state index is 3.96. The third-order valence-electron chi connectivity index (χ3n) is 1.84. The summed E-state index contributed by atoms with van der Waals surface area (Å²) in [6.45, 7) is 10.3. The van der Waals surface area contributed by atoms with E-state index in [1.807, 2.05) is 0 Å². The maximum atomic E-state index is 3.96. The van der Waals surface area contributed by atoms with E-state index in [4.69, 9.17) is 0 Å². The Bertz CT molecular complexity index is 228. The van der Waals surface area contributed by atoms with Gasteiger partial charge in [0.2, 0.25) is 0 Å². The minimum Gasteiger partial charge on any atom is -0.198 e. The molecule has 1 rings (SSSR count). The second-order valence-electron chi connectivity index (χ2n) is 2.88. The van der Waals surface area contributed by atoms with Crippen LogP contribution in [0.5, 0.6) is 0 Å². The molecule has 0 spiro atoms. The van der Waals surface area contributed by atoms with Crippen molar-refractivity contribution in [3.63, 3.8) is 0 Å². The maximum Gasteiger partial charge on any atom is 1.00 e. The van der Waals surface area contributed by atoms with Crippen molar-refractivity contribution in [3.8, 4) is 0 Å². The number of aryl methyl sites for hydroxylation is 3. The van der Waals surface area contributed by atoms with E-state index < -0.39 is 0 Å². The number of hydrogen-bond donors (Lipinski definition) is 0. The molecule has 0 nitrogen and oxygen atoms in total. The standard InChI is InChI=1S/C10H13.Li/c1-7-5-8(2)10(4)9(3)6-7;/h5-6H,4H2,1-3H3;/q-1;+1. The van der Waals surface area contributed by atoms with Gasteiger partial charge >= 0.3 is 18.9 Å². The fourth-order valence-corrected chi connectivity index (χ4v) is 1.21. The van der Waals surface area contributed by atoms with Gasteiger partial charge in [0, 0.05) is 0 Å². The van der Waals surface area contributed by atoms with E-state index in [-0.39, 0.29) is 18.9 Å². The molecule has 0 unspecified atom stereocenters. The summed E-state index contributed by atoms with van der Waals surface area (Å²) in [4.78, 5) is 0. The molecular weight excluding hydrogens is 127 g/mol. The molecule has 0 bridgehead atoms. The van der Waals surface area contributed by atoms with E-state index in [1.54, 1.807) is 0 Å². The monoisotopic (exact) mass is 140 g/mol. The average Bonchev–Trinajstić information content (AvgIpc) is 1.82. The van der Waals surface area contributed by atoms with Crippen LogP contribution in [0.25, 0.3) is 0 Å². The molecule has 0 fully saturated rings. The Balaban J connectivity index is 0.000001000. The van der Waals surface area contributed by atoms with Gasteiger partial charge in [0.05, 0.1) is 0 Å². The van der Waals surface area contributed by atoms with Gasteiger partial charge in [-0.3, -0.25) is 0 Å². The molecule has 1 heteroatoms. The summed E-state index contributed by atoms with van der Waals surface area (Å²) < 4.78 is 0. The van der Waals surface area contributed by atoms with Crippen molar-refractivity contribution in [3.05, 3.63) is 41.3 Å². The summed E-state index contributed by atoms with van der Waals surface area (Å²) in [7, 11) is 0. The van der Waals surface area contributed by atoms with Crippen LogP contribution >= 0.6 is 0 Å². The number of hydrogen-bond acceptors (Lipinski definition) is 0. The van der Waals surface area contributed by atoms with Gasteiger partial charge in [0.1, 0.15) is 0 Å². The van der Waals surface area contributed by atoms with Crippen molar-refractivity contribution in [2.24, 2.45) is 0 Å². The average molecular weight is 140 g/mol. The van der Waals surface area contributed by atoms with Gasteiger partial charge in [0.15, 0.2) is 0 Å². The van der Waals surface area contributed by atoms with Crippen molar-refractivity contribution in [1.82, 2.24) is 0 Å². The van der Waals surface area contributed by atoms with Gasteiger partial charge in [-0.15, -0.1) is 12.1 Å². The molecule has 0 saturated heterocycles. The Kier molecular flexibility index (Phi) is 3.79. The first-order chi connectivity index (χ1) is 4.61. The van der Waals surface area contributed by atoms with Crippen molar-refractivity contribution in [2.75, 3.05) is 0 Å². The summed E-state index contributed by atoms with van der Waals surface area (Å²) >= 11 is 0. The van der Waals surface area contributed by atoms with Crippen molar-refractivity contribution < 1.29 is 18.9 Å². The first kappa shape index (κ1) is 10.7. The van der Waals surface area contributed by atoms with E-state index >= 15 is 0 Å². The van der Waals surface area contributed by atoms with E-state index in [1.165, 1.54) is 22.3 Å². The molecule has 0 aliphatic heterocycles. The van der Waals surface area contributed by atoms with Crippen LogP contribution in [0, 0.1) is 27.7 Å². The normalized spacial score (nSPS) is 9.00. The Morgan fingerprint density at radius 2 is 1.36 bits per heavy atom. The zero-order valence-electron chi connectivity index (χ0n) is 7.86. The Labute approximate surface area is 81.2 Å². The summed E-state index contributed by atoms with van der Waals surface area (Å²) in [6, 6.07) is 4.32. The fourth-order valence-electron chi connectivity index (χ4n) is 1.21. The number of rotatable bonds is 0. The Hall–Kier alpha value is -0.313. The minimum absolute atomic E-state index is 0. The topological polar surface area (TPSA) is 0 Å². The molecule has 0 heterocycles. The largest absolute Gasteiger partial charge is 1.00 e. The molecule has 1 aromatic rings. The van der Waals surface area contributed by atoms with Crippen LogP contribution in [0.15, 0.2) is 12.1 Å². The first-order valence-corrected chi connectivity index (χ1v) is 3.51. The Morgan fingerprint density at radius 1 is 1.00 bits per heavy atom. The van der Waals surface area contributed by atoms with Crippen LogP contribution in [0.1, 0.15) is 22.3 Å². The summed E-state index contributed by atoms with van der Waals surface area (Å²) in [5, 5.41) is 0. The molecule has 0 atom stereocenters. The van der Waals surface area contributed by atoms with E-state index in [0.29, 0.717) is 0 Å². The molecule has 54 valence electrons. The van der Waals surface area contributed by atoms with Crippen molar-refractivity contribution in [1.29, 1.82) is 0 Å². The van der Waals surface area contributed by atoms with Gasteiger partial charge in [0.25, 0.3) is 0 Å². The molecule has 0 amide bonds. The summed E-state index contributed by atoms with van der Waals surface area (Å²) in [5.41, 5.74) is 5.07. The van der Waals surface area contributed by atoms with Crippen LogP contribution in [-0.2, 0) is 0 Å². The summed E-state index contributed by atoms with van der Waals surface area (Å²) in [5.74, 6) is 0. The van der Waals surface area contributed by atoms with Crippen LogP contribution in [-0.4, -0.2) is 0 Å². The van der Waals surface area contributed by atoms with Gasteiger partial charge < -0.3 is 0 Å². The predicted molar refractivity (Wildman–Crippen MR) is 45.1 cm³/mol. The van der Waals surface area contributed by atoms with Gasteiger partial charge in [-0.1, -0.05) is 19.4 Å². The smallest absolute Gasteiger partial charge is 0.198 e. The third kappa shape index (κ3) is 2.33. The summed E-state index contributed by atoms with van der Waals surface area (Å²) in [6.07, 6.45) is 0. The molecule has 0 aromatic heterocycles. The third-order valence-corrected chi connectivity index (χ3v) is 1.84. The van der Waals surface area contributed by atoms with Gasteiger partial charge in [-0.25, -0.2) is 0 Å². The van der Waals surface area contributed by atoms with E-state index in [0.717, 1.165) is 0 Å². The molecule has 0 N–H and O–H groups in total. The predicted octanol–water partition coefficient (Wildman–Crippen LogP) is -0.202. The molecule has 11 heavy (non-hydrogen) atoms. The molecular formula is C10H13Li. The van der Waals surface area contributed by atoms with E-state index in [9.17, 15) is 0 Å². The number of benzene rings is 1. The van der Waals surface area contributed by atoms with E-state index in [2.05, 4.69) is 39.8 Å². The molecule has 1 aromatic carbocycles. The van der Waals surface area contributed by atoms with Crippen LogP contribution in [0.4, 0.5) is 0 Å². The first-order valence-electron chi connectivity index (χ1n) is 3.51. The zero-order valence-corrected chi connectivity index (χ0v) is 7.86. The second kappa shape index (κ2) is 3.90. The minimum atomic E-state index is 0. The quantitative estimate of drug-likeness (QED) is 0.346. The van der Waals surface area contributed by atoms with Gasteiger partial charge in [-0.05, 0) is 6.92 Å². The second-order valence-corrected chi connectivity index (χ2v) is 2.88. The zero-order chi connectivity index (χ0) is 7.72. The van der Waals surface area contributed by atoms with Crippen molar-refractivity contribution in [2.45, 2.75) is 20.8 Å². The van der Waals surface area contributed by atoms with Gasteiger partial charge in [-0.2, -0.15) is 23.6 Å². The van der Waals surface area contributed by atoms with Crippen molar-refractivity contribution >= 4 is 0 Å². The van der Waals surface area contributed by atoms with Crippen LogP contribution < -0.4 is 18.9 Å². The molecule has 0 radical (unpaired) electrons.